The topological polar surface area (TPSA) is 75.3 Å². The number of para-hydroxylation sites is 1. The van der Waals surface area contributed by atoms with Crippen LogP contribution in [-0.2, 0) is 14.8 Å². The van der Waals surface area contributed by atoms with Gasteiger partial charge in [-0.3, -0.25) is 4.79 Å². The summed E-state index contributed by atoms with van der Waals surface area (Å²) in [5.41, 5.74) is 2.55. The predicted octanol–water partition coefficient (Wildman–Crippen LogP) is 3.65. The van der Waals surface area contributed by atoms with E-state index in [2.05, 4.69) is 10.0 Å². The molecular formula is C18H21ClN2O3S. The lowest BCUT2D eigenvalue weighted by molar-refractivity contribution is -0.117. The minimum Gasteiger partial charge on any atom is -0.324 e. The number of anilines is 1. The van der Waals surface area contributed by atoms with Crippen LogP contribution in [0.4, 0.5) is 5.69 Å². The van der Waals surface area contributed by atoms with Gasteiger partial charge in [-0.1, -0.05) is 36.7 Å². The van der Waals surface area contributed by atoms with E-state index >= 15 is 0 Å². The largest absolute Gasteiger partial charge is 0.324 e. The molecule has 0 spiro atoms. The van der Waals surface area contributed by atoms with Gasteiger partial charge >= 0.3 is 0 Å². The Morgan fingerprint density at radius 3 is 2.16 bits per heavy atom. The van der Waals surface area contributed by atoms with Crippen molar-refractivity contribution < 1.29 is 13.2 Å². The maximum atomic E-state index is 12.6. The summed E-state index contributed by atoms with van der Waals surface area (Å²) in [6.45, 7) is 5.53. The quantitative estimate of drug-likeness (QED) is 0.803. The van der Waals surface area contributed by atoms with Crippen LogP contribution in [0.1, 0.15) is 24.5 Å². The van der Waals surface area contributed by atoms with Gasteiger partial charge in [0.25, 0.3) is 0 Å². The molecule has 1 unspecified atom stereocenters. The monoisotopic (exact) mass is 380 g/mol. The van der Waals surface area contributed by atoms with Gasteiger partial charge < -0.3 is 5.32 Å². The number of amides is 1. The lowest BCUT2D eigenvalue weighted by Crippen LogP contribution is -2.43. The summed E-state index contributed by atoms with van der Waals surface area (Å²) in [6, 6.07) is 10.6. The first kappa shape index (κ1) is 19.4. The summed E-state index contributed by atoms with van der Waals surface area (Å²) in [5, 5.41) is 3.27. The molecule has 0 bridgehead atoms. The van der Waals surface area contributed by atoms with E-state index in [1.807, 2.05) is 32.0 Å². The first-order valence-electron chi connectivity index (χ1n) is 7.89. The second-order valence-electron chi connectivity index (χ2n) is 5.79. The van der Waals surface area contributed by atoms with Gasteiger partial charge in [0.05, 0.1) is 4.90 Å². The molecule has 134 valence electrons. The summed E-state index contributed by atoms with van der Waals surface area (Å²) in [4.78, 5) is 12.6. The molecule has 0 aromatic heterocycles. The van der Waals surface area contributed by atoms with Crippen molar-refractivity contribution in [3.63, 3.8) is 0 Å². The molecule has 0 saturated carbocycles. The first-order valence-corrected chi connectivity index (χ1v) is 9.75. The third-order valence-electron chi connectivity index (χ3n) is 3.88. The molecule has 2 rings (SSSR count). The highest BCUT2D eigenvalue weighted by Gasteiger charge is 2.25. The number of hydrogen-bond donors (Lipinski definition) is 2. The van der Waals surface area contributed by atoms with Crippen molar-refractivity contribution in [1.29, 1.82) is 0 Å². The number of nitrogens with one attached hydrogen (secondary N) is 2. The molecule has 0 fully saturated rings. The summed E-state index contributed by atoms with van der Waals surface area (Å²) >= 11 is 5.79. The van der Waals surface area contributed by atoms with Crippen LogP contribution < -0.4 is 10.0 Å². The van der Waals surface area contributed by atoms with Crippen LogP contribution in [-0.4, -0.2) is 20.4 Å². The van der Waals surface area contributed by atoms with Gasteiger partial charge in [-0.05, 0) is 55.7 Å². The predicted molar refractivity (Wildman–Crippen MR) is 100 cm³/mol. The Balaban J connectivity index is 2.19. The van der Waals surface area contributed by atoms with Gasteiger partial charge in [-0.15, -0.1) is 0 Å². The Kier molecular flexibility index (Phi) is 6.21. The normalized spacial score (nSPS) is 12.6. The van der Waals surface area contributed by atoms with Crippen LogP contribution in [0.3, 0.4) is 0 Å². The van der Waals surface area contributed by atoms with E-state index < -0.39 is 22.0 Å². The molecule has 2 aromatic carbocycles. The molecule has 0 heterocycles. The number of carbonyl (C=O) groups excluding carboxylic acids is 1. The standard InChI is InChI=1S/C18H21ClN2O3S/c1-4-16(18(22)20-17-12(2)6-5-7-13(17)3)21-25(23,24)15-10-8-14(19)9-11-15/h5-11,16,21H,4H2,1-3H3,(H,20,22). The van der Waals surface area contributed by atoms with E-state index in [0.717, 1.165) is 11.1 Å². The Hall–Kier alpha value is -1.89. The SMILES string of the molecule is CCC(NS(=O)(=O)c1ccc(Cl)cc1)C(=O)Nc1c(C)cccc1C. The molecule has 0 radical (unpaired) electrons. The van der Waals surface area contributed by atoms with Gasteiger partial charge in [0, 0.05) is 10.7 Å². The summed E-state index contributed by atoms with van der Waals surface area (Å²) in [7, 11) is -3.82. The molecule has 2 N–H and O–H groups in total. The van der Waals surface area contributed by atoms with Crippen molar-refractivity contribution in [2.45, 2.75) is 38.1 Å². The van der Waals surface area contributed by atoms with Gasteiger partial charge in [0.2, 0.25) is 15.9 Å². The molecule has 5 nitrogen and oxygen atoms in total. The van der Waals surface area contributed by atoms with Crippen LogP contribution in [0, 0.1) is 13.8 Å². The average Bonchev–Trinajstić information content (AvgIpc) is 2.56. The molecule has 7 heteroatoms. The Morgan fingerprint density at radius 2 is 1.64 bits per heavy atom. The van der Waals surface area contributed by atoms with Crippen molar-refractivity contribution >= 4 is 33.2 Å². The van der Waals surface area contributed by atoms with E-state index in [9.17, 15) is 13.2 Å². The lowest BCUT2D eigenvalue weighted by atomic mass is 10.1. The number of halogens is 1. The van der Waals surface area contributed by atoms with Crippen molar-refractivity contribution in [2.24, 2.45) is 0 Å². The van der Waals surface area contributed by atoms with E-state index in [1.54, 1.807) is 6.92 Å². The molecule has 0 saturated heterocycles. The van der Waals surface area contributed by atoms with Crippen molar-refractivity contribution in [3.8, 4) is 0 Å². The Bertz CT molecular complexity index is 844. The van der Waals surface area contributed by atoms with Crippen LogP contribution in [0.15, 0.2) is 47.4 Å². The van der Waals surface area contributed by atoms with E-state index in [4.69, 9.17) is 11.6 Å². The fourth-order valence-corrected chi connectivity index (χ4v) is 3.82. The highest BCUT2D eigenvalue weighted by atomic mass is 35.5. The van der Waals surface area contributed by atoms with Gasteiger partial charge in [-0.25, -0.2) is 8.42 Å². The molecular weight excluding hydrogens is 360 g/mol. The molecule has 0 aliphatic heterocycles. The highest BCUT2D eigenvalue weighted by molar-refractivity contribution is 7.89. The van der Waals surface area contributed by atoms with Gasteiger partial charge in [0.1, 0.15) is 6.04 Å². The Morgan fingerprint density at radius 1 is 1.08 bits per heavy atom. The smallest absolute Gasteiger partial charge is 0.242 e. The zero-order valence-corrected chi connectivity index (χ0v) is 15.9. The van der Waals surface area contributed by atoms with Gasteiger partial charge in [0.15, 0.2) is 0 Å². The van der Waals surface area contributed by atoms with E-state index in [-0.39, 0.29) is 4.90 Å². The average molecular weight is 381 g/mol. The second kappa shape index (κ2) is 7.99. The zero-order valence-electron chi connectivity index (χ0n) is 14.3. The number of benzene rings is 2. The number of aryl methyl sites for hydroxylation is 2. The Labute approximate surface area is 153 Å². The second-order valence-corrected chi connectivity index (χ2v) is 7.94. The minimum atomic E-state index is -3.82. The summed E-state index contributed by atoms with van der Waals surface area (Å²) in [5.74, 6) is -0.391. The number of sulfonamides is 1. The maximum absolute atomic E-state index is 12.6. The van der Waals surface area contributed by atoms with E-state index in [1.165, 1.54) is 24.3 Å². The van der Waals surface area contributed by atoms with Crippen LogP contribution in [0.2, 0.25) is 5.02 Å². The highest BCUT2D eigenvalue weighted by Crippen LogP contribution is 2.20. The summed E-state index contributed by atoms with van der Waals surface area (Å²) < 4.78 is 27.4. The van der Waals surface area contributed by atoms with Crippen molar-refractivity contribution in [2.75, 3.05) is 5.32 Å². The van der Waals surface area contributed by atoms with Crippen molar-refractivity contribution in [3.05, 3.63) is 58.6 Å². The molecule has 2 aromatic rings. The number of rotatable bonds is 6. The fourth-order valence-electron chi connectivity index (χ4n) is 2.41. The van der Waals surface area contributed by atoms with Crippen molar-refractivity contribution in [1.82, 2.24) is 4.72 Å². The number of hydrogen-bond acceptors (Lipinski definition) is 3. The van der Waals surface area contributed by atoms with Crippen LogP contribution in [0.5, 0.6) is 0 Å². The molecule has 0 aliphatic carbocycles. The van der Waals surface area contributed by atoms with Gasteiger partial charge in [-0.2, -0.15) is 4.72 Å². The maximum Gasteiger partial charge on any atom is 0.242 e. The van der Waals surface area contributed by atoms with Crippen LogP contribution in [0.25, 0.3) is 0 Å². The third-order valence-corrected chi connectivity index (χ3v) is 5.61. The third kappa shape index (κ3) is 4.81. The van der Waals surface area contributed by atoms with E-state index in [0.29, 0.717) is 17.1 Å². The molecule has 25 heavy (non-hydrogen) atoms. The zero-order chi connectivity index (χ0) is 18.6. The van der Waals surface area contributed by atoms with Crippen LogP contribution >= 0.6 is 11.6 Å². The molecule has 1 atom stereocenters. The lowest BCUT2D eigenvalue weighted by Gasteiger charge is -2.19. The minimum absolute atomic E-state index is 0.0650. The molecule has 0 aliphatic rings. The fraction of sp³-hybridized carbons (Fsp3) is 0.278. The summed E-state index contributed by atoms with van der Waals surface area (Å²) in [6.07, 6.45) is 0.323. The molecule has 1 amide bonds. The number of carbonyl (C=O) groups is 1. The first-order chi connectivity index (χ1) is 11.7.